The molecule has 32 heavy (non-hydrogen) atoms. The number of hydrogen-bond acceptors (Lipinski definition) is 3. The van der Waals surface area contributed by atoms with E-state index in [0.29, 0.717) is 34.5 Å². The minimum Gasteiger partial charge on any atom is -0.496 e. The highest BCUT2D eigenvalue weighted by Gasteiger charge is 2.32. The van der Waals surface area contributed by atoms with Crippen LogP contribution in [-0.2, 0) is 23.9 Å². The molecule has 3 rings (SSSR count). The van der Waals surface area contributed by atoms with Crippen LogP contribution in [-0.4, -0.2) is 41.7 Å². The van der Waals surface area contributed by atoms with Crippen LogP contribution in [0.1, 0.15) is 36.5 Å². The molecule has 2 N–H and O–H groups in total. The van der Waals surface area contributed by atoms with Crippen LogP contribution in [0.2, 0.25) is 0 Å². The highest BCUT2D eigenvalue weighted by molar-refractivity contribution is 5.78. The molecule has 172 valence electrons. The number of alkyl halides is 3. The first-order valence-corrected chi connectivity index (χ1v) is 10.3. The molecule has 1 saturated carbocycles. The van der Waals surface area contributed by atoms with Gasteiger partial charge in [0, 0.05) is 24.7 Å². The zero-order valence-electron chi connectivity index (χ0n) is 17.8. The van der Waals surface area contributed by atoms with Crippen molar-refractivity contribution in [3.8, 4) is 16.9 Å². The number of nitrogens with zero attached hydrogens (tertiary/aromatic N) is 1. The minimum atomic E-state index is -4.55. The predicted molar refractivity (Wildman–Crippen MR) is 112 cm³/mol. The van der Waals surface area contributed by atoms with Crippen LogP contribution in [0.15, 0.2) is 36.4 Å². The Morgan fingerprint density at radius 3 is 2.44 bits per heavy atom. The number of carboxylic acid groups (broad SMARTS) is 1. The number of carbonyl (C=O) groups excluding carboxylic acids is 1. The first-order valence-electron chi connectivity index (χ1n) is 10.3. The molecule has 0 saturated heterocycles. The van der Waals surface area contributed by atoms with Crippen molar-refractivity contribution in [2.75, 3.05) is 13.7 Å². The zero-order chi connectivity index (χ0) is 23.5. The maximum Gasteiger partial charge on any atom is 0.416 e. The average Bonchev–Trinajstić information content (AvgIpc) is 3.54. The molecule has 2 aromatic rings. The van der Waals surface area contributed by atoms with E-state index in [4.69, 9.17) is 9.84 Å². The number of aliphatic carboxylic acids is 1. The Morgan fingerprint density at radius 1 is 1.16 bits per heavy atom. The normalized spacial score (nSPS) is 13.5. The molecule has 0 aromatic heterocycles. The number of ether oxygens (including phenoxy) is 1. The van der Waals surface area contributed by atoms with Crippen molar-refractivity contribution < 1.29 is 32.6 Å². The largest absolute Gasteiger partial charge is 0.496 e. The highest BCUT2D eigenvalue weighted by atomic mass is 19.4. The van der Waals surface area contributed by atoms with Gasteiger partial charge in [0.05, 0.1) is 19.1 Å². The predicted octanol–water partition coefficient (Wildman–Crippen LogP) is 4.70. The molecule has 2 amide bonds. The lowest BCUT2D eigenvalue weighted by Crippen LogP contribution is -2.40. The summed E-state index contributed by atoms with van der Waals surface area (Å²) in [5, 5.41) is 12.0. The van der Waals surface area contributed by atoms with Crippen molar-refractivity contribution in [3.05, 3.63) is 53.1 Å². The van der Waals surface area contributed by atoms with Gasteiger partial charge in [-0.3, -0.25) is 4.79 Å². The van der Waals surface area contributed by atoms with Gasteiger partial charge in [-0.25, -0.2) is 4.79 Å². The summed E-state index contributed by atoms with van der Waals surface area (Å²) in [6.07, 6.45) is -3.00. The third-order valence-electron chi connectivity index (χ3n) is 5.28. The molecule has 1 fully saturated rings. The molecule has 0 radical (unpaired) electrons. The Balaban J connectivity index is 2.07. The minimum absolute atomic E-state index is 0.0411. The van der Waals surface area contributed by atoms with Crippen molar-refractivity contribution in [1.82, 2.24) is 10.2 Å². The number of hydrogen-bond donors (Lipinski definition) is 2. The van der Waals surface area contributed by atoms with E-state index in [1.54, 1.807) is 25.1 Å². The van der Waals surface area contributed by atoms with E-state index in [9.17, 15) is 22.8 Å². The van der Waals surface area contributed by atoms with Crippen molar-refractivity contribution in [2.24, 2.45) is 0 Å². The van der Waals surface area contributed by atoms with Crippen molar-refractivity contribution >= 4 is 12.0 Å². The summed E-state index contributed by atoms with van der Waals surface area (Å²) >= 11 is 0. The van der Waals surface area contributed by atoms with Crippen LogP contribution < -0.4 is 10.1 Å². The van der Waals surface area contributed by atoms with Crippen LogP contribution in [0, 0.1) is 0 Å². The van der Waals surface area contributed by atoms with Gasteiger partial charge in [-0.2, -0.15) is 13.2 Å². The Bertz CT molecular complexity index is 1000. The third kappa shape index (κ3) is 5.72. The number of benzene rings is 2. The number of rotatable bonds is 8. The van der Waals surface area contributed by atoms with Gasteiger partial charge in [0.2, 0.25) is 0 Å². The molecular formula is C23H25F3N2O4. The van der Waals surface area contributed by atoms with Crippen LogP contribution in [0.5, 0.6) is 5.75 Å². The van der Waals surface area contributed by atoms with Crippen LogP contribution in [0.3, 0.4) is 0 Å². The molecule has 0 atom stereocenters. The van der Waals surface area contributed by atoms with Gasteiger partial charge in [-0.15, -0.1) is 0 Å². The van der Waals surface area contributed by atoms with Gasteiger partial charge in [-0.05, 0) is 60.7 Å². The molecule has 0 aliphatic heterocycles. The molecule has 0 bridgehead atoms. The lowest BCUT2D eigenvalue weighted by atomic mass is 9.94. The summed E-state index contributed by atoms with van der Waals surface area (Å²) in [5.41, 5.74) is 0.861. The number of carboxylic acids is 1. The van der Waals surface area contributed by atoms with Crippen molar-refractivity contribution in [1.29, 1.82) is 0 Å². The smallest absolute Gasteiger partial charge is 0.416 e. The Morgan fingerprint density at radius 2 is 1.88 bits per heavy atom. The van der Waals surface area contributed by atoms with Gasteiger partial charge in [0.1, 0.15) is 5.75 Å². The first-order chi connectivity index (χ1) is 15.1. The van der Waals surface area contributed by atoms with Gasteiger partial charge in [0.25, 0.3) is 0 Å². The highest BCUT2D eigenvalue weighted by Crippen LogP contribution is 2.38. The summed E-state index contributed by atoms with van der Waals surface area (Å²) in [6, 6.07) is 7.92. The van der Waals surface area contributed by atoms with E-state index in [1.807, 2.05) is 0 Å². The topological polar surface area (TPSA) is 78.9 Å². The monoisotopic (exact) mass is 450 g/mol. The van der Waals surface area contributed by atoms with Gasteiger partial charge in [0.15, 0.2) is 0 Å². The average molecular weight is 450 g/mol. The number of amides is 2. The van der Waals surface area contributed by atoms with Crippen molar-refractivity contribution in [2.45, 2.75) is 44.9 Å². The molecule has 1 aliphatic rings. The zero-order valence-corrected chi connectivity index (χ0v) is 17.8. The Hall–Kier alpha value is -3.23. The Kier molecular flexibility index (Phi) is 6.96. The summed E-state index contributed by atoms with van der Waals surface area (Å²) in [5.74, 6) is -0.631. The maximum atomic E-state index is 13.4. The second-order valence-corrected chi connectivity index (χ2v) is 7.71. The SMILES string of the molecule is CCN(Cc1cc(C(F)(F)F)ccc1-c1cc(CC(=O)O)ccc1OC)C(=O)NC1CC1. The third-order valence-corrected chi connectivity index (χ3v) is 5.28. The van der Waals surface area contributed by atoms with E-state index >= 15 is 0 Å². The fourth-order valence-electron chi connectivity index (χ4n) is 3.44. The number of urea groups is 1. The van der Waals surface area contributed by atoms with Gasteiger partial charge in [-0.1, -0.05) is 12.1 Å². The van der Waals surface area contributed by atoms with E-state index in [1.165, 1.54) is 18.1 Å². The summed E-state index contributed by atoms with van der Waals surface area (Å²) in [4.78, 5) is 25.1. The molecule has 9 heteroatoms. The molecule has 1 aliphatic carbocycles. The molecular weight excluding hydrogens is 425 g/mol. The van der Waals surface area contributed by atoms with Crippen LogP contribution in [0.25, 0.3) is 11.1 Å². The fourth-order valence-corrected chi connectivity index (χ4v) is 3.44. The second-order valence-electron chi connectivity index (χ2n) is 7.71. The molecule has 6 nitrogen and oxygen atoms in total. The quantitative estimate of drug-likeness (QED) is 0.611. The molecule has 0 heterocycles. The van der Waals surface area contributed by atoms with Gasteiger partial charge >= 0.3 is 18.2 Å². The second kappa shape index (κ2) is 9.50. The summed E-state index contributed by atoms with van der Waals surface area (Å²) < 4.78 is 45.7. The number of carbonyl (C=O) groups is 2. The molecule has 2 aromatic carbocycles. The maximum absolute atomic E-state index is 13.4. The summed E-state index contributed by atoms with van der Waals surface area (Å²) in [7, 11) is 1.43. The van der Waals surface area contributed by atoms with E-state index < -0.39 is 17.7 Å². The lowest BCUT2D eigenvalue weighted by Gasteiger charge is -2.24. The first kappa shape index (κ1) is 23.4. The van der Waals surface area contributed by atoms with Crippen LogP contribution in [0.4, 0.5) is 18.0 Å². The molecule has 0 unspecified atom stereocenters. The van der Waals surface area contributed by atoms with Crippen LogP contribution >= 0.6 is 0 Å². The standard InChI is InChI=1S/C23H25F3N2O4/c1-3-28(22(31)27-17-6-7-17)13-15-12-16(23(24,25)26)5-8-18(15)19-10-14(11-21(29)30)4-9-20(19)32-2/h4-5,8-10,12,17H,3,6-7,11,13H2,1-2H3,(H,27,31)(H,29,30). The number of nitrogens with one attached hydrogen (secondary N) is 1. The number of methoxy groups -OCH3 is 1. The van der Waals surface area contributed by atoms with E-state index in [2.05, 4.69) is 5.32 Å². The fraction of sp³-hybridized carbons (Fsp3) is 0.391. The Labute approximate surface area is 184 Å². The van der Waals surface area contributed by atoms with E-state index in [-0.39, 0.29) is 25.0 Å². The van der Waals surface area contributed by atoms with E-state index in [0.717, 1.165) is 25.0 Å². The van der Waals surface area contributed by atoms with Crippen molar-refractivity contribution in [3.63, 3.8) is 0 Å². The molecule has 0 spiro atoms. The summed E-state index contributed by atoms with van der Waals surface area (Å²) in [6.45, 7) is 2.03. The lowest BCUT2D eigenvalue weighted by molar-refractivity contribution is -0.138. The number of halogens is 3. The van der Waals surface area contributed by atoms with Gasteiger partial charge < -0.3 is 20.1 Å².